The first-order valence-electron chi connectivity index (χ1n) is 9.21. The fourth-order valence-corrected chi connectivity index (χ4v) is 4.28. The molecule has 0 atom stereocenters. The molecule has 0 saturated heterocycles. The normalized spacial score (nSPS) is 11.1. The van der Waals surface area contributed by atoms with Crippen LogP contribution in [-0.2, 0) is 23.2 Å². The molecule has 0 aliphatic rings. The number of amides is 1. The Hall–Kier alpha value is -3.79. The highest BCUT2D eigenvalue weighted by atomic mass is 32.1. The zero-order valence-corrected chi connectivity index (χ0v) is 17.7. The summed E-state index contributed by atoms with van der Waals surface area (Å²) in [5.41, 5.74) is 0.865. The lowest BCUT2D eigenvalue weighted by Gasteiger charge is -2.08. The van der Waals surface area contributed by atoms with E-state index in [1.165, 1.54) is 30.0 Å². The van der Waals surface area contributed by atoms with Gasteiger partial charge in [-0.3, -0.25) is 9.59 Å². The molecule has 1 amide bonds. The van der Waals surface area contributed by atoms with Crippen LogP contribution in [0.2, 0.25) is 0 Å². The third kappa shape index (κ3) is 3.84. The first kappa shape index (κ1) is 20.5. The Balaban J connectivity index is 1.64. The van der Waals surface area contributed by atoms with Crippen molar-refractivity contribution in [3.05, 3.63) is 67.4 Å². The molecule has 31 heavy (non-hydrogen) atoms. The van der Waals surface area contributed by atoms with Crippen LogP contribution in [0, 0.1) is 6.92 Å². The van der Waals surface area contributed by atoms with E-state index in [1.807, 2.05) is 0 Å². The molecule has 0 aliphatic heterocycles. The summed E-state index contributed by atoms with van der Waals surface area (Å²) < 4.78 is 12.0. The summed E-state index contributed by atoms with van der Waals surface area (Å²) in [5.74, 6) is -0.867. The highest BCUT2D eigenvalue weighted by Crippen LogP contribution is 2.28. The molecule has 4 aromatic rings. The largest absolute Gasteiger partial charge is 0.457 e. The van der Waals surface area contributed by atoms with Crippen molar-refractivity contribution in [2.75, 3.05) is 5.32 Å². The highest BCUT2D eigenvalue weighted by molar-refractivity contribution is 7.20. The Morgan fingerprint density at radius 1 is 1.26 bits per heavy atom. The lowest BCUT2D eigenvalue weighted by molar-refractivity contribution is -0.114. The third-order valence-corrected chi connectivity index (χ3v) is 5.89. The summed E-state index contributed by atoms with van der Waals surface area (Å²) in [6.07, 6.45) is 1.40. The van der Waals surface area contributed by atoms with Gasteiger partial charge in [0.2, 0.25) is 5.91 Å². The van der Waals surface area contributed by atoms with Crippen molar-refractivity contribution >= 4 is 50.1 Å². The fourth-order valence-electron chi connectivity index (χ4n) is 3.24. The van der Waals surface area contributed by atoms with E-state index < -0.39 is 11.6 Å². The van der Waals surface area contributed by atoms with E-state index in [0.717, 1.165) is 11.3 Å². The van der Waals surface area contributed by atoms with Crippen molar-refractivity contribution in [3.63, 3.8) is 0 Å². The molecule has 0 saturated carbocycles. The van der Waals surface area contributed by atoms with Gasteiger partial charge in [-0.15, -0.1) is 11.3 Å². The van der Waals surface area contributed by atoms with E-state index in [0.29, 0.717) is 32.4 Å². The molecule has 0 bridgehead atoms. The monoisotopic (exact) mass is 439 g/mol. The number of nitrogens with zero attached hydrogens (tertiary/aromatic N) is 2. The van der Waals surface area contributed by atoms with Gasteiger partial charge in [0.15, 0.2) is 0 Å². The topological polar surface area (TPSA) is 120 Å². The third-order valence-electron chi connectivity index (χ3n) is 4.71. The van der Waals surface area contributed by atoms with Crippen LogP contribution in [0.1, 0.15) is 27.7 Å². The molecule has 9 nitrogen and oxygen atoms in total. The molecule has 3 aromatic heterocycles. The molecule has 0 unspecified atom stereocenters. The van der Waals surface area contributed by atoms with Gasteiger partial charge < -0.3 is 19.0 Å². The number of ether oxygens (including phenoxy) is 1. The van der Waals surface area contributed by atoms with Gasteiger partial charge in [0.05, 0.1) is 11.7 Å². The Morgan fingerprint density at radius 2 is 2.03 bits per heavy atom. The van der Waals surface area contributed by atoms with E-state index in [9.17, 15) is 19.2 Å². The van der Waals surface area contributed by atoms with E-state index >= 15 is 0 Å². The molecule has 1 aromatic carbocycles. The molecular formula is C21H17N3O6S. The number of nitrogens with one attached hydrogen (secondary N) is 1. The average Bonchev–Trinajstić information content (AvgIpc) is 3.05. The van der Waals surface area contributed by atoms with Crippen LogP contribution in [0.5, 0.6) is 0 Å². The average molecular weight is 439 g/mol. The van der Waals surface area contributed by atoms with E-state index in [1.54, 1.807) is 26.1 Å². The summed E-state index contributed by atoms with van der Waals surface area (Å²) in [5, 5.41) is 3.58. The van der Waals surface area contributed by atoms with Crippen molar-refractivity contribution in [2.45, 2.75) is 20.5 Å². The number of hydrogen-bond acceptors (Lipinski definition) is 8. The molecule has 0 aliphatic carbocycles. The maximum atomic E-state index is 12.7. The highest BCUT2D eigenvalue weighted by Gasteiger charge is 2.20. The SMILES string of the molecule is CC(=O)Nc1ccc2c(COC(=O)c3sc4ncn(C)c(=O)c4c3C)cc(=O)oc2c1. The fraction of sp³-hybridized carbons (Fsp3) is 0.190. The standard InChI is InChI=1S/C21H17N3O6S/c1-10-17-19(22-9-24(3)20(17)27)31-18(10)21(28)29-8-12-6-16(26)30-15-7-13(23-11(2)25)4-5-14(12)15/h4-7,9H,8H2,1-3H3,(H,23,25). The first-order valence-corrected chi connectivity index (χ1v) is 10.0. The summed E-state index contributed by atoms with van der Waals surface area (Å²) in [6, 6.07) is 6.11. The maximum Gasteiger partial charge on any atom is 0.349 e. The summed E-state index contributed by atoms with van der Waals surface area (Å²) in [6.45, 7) is 2.88. The number of carbonyl (C=O) groups is 2. The number of hydrogen-bond donors (Lipinski definition) is 1. The zero-order chi connectivity index (χ0) is 22.3. The molecule has 158 valence electrons. The van der Waals surface area contributed by atoms with Crippen LogP contribution >= 0.6 is 11.3 Å². The number of fused-ring (bicyclic) bond motifs is 2. The Kier molecular flexibility index (Phi) is 5.15. The van der Waals surface area contributed by atoms with Crippen molar-refractivity contribution < 1.29 is 18.7 Å². The van der Waals surface area contributed by atoms with Crippen molar-refractivity contribution in [2.24, 2.45) is 7.05 Å². The van der Waals surface area contributed by atoms with Crippen LogP contribution in [0.4, 0.5) is 5.69 Å². The molecule has 3 heterocycles. The van der Waals surface area contributed by atoms with Crippen LogP contribution < -0.4 is 16.5 Å². The minimum absolute atomic E-state index is 0.167. The molecule has 0 fully saturated rings. The first-order chi connectivity index (χ1) is 14.7. The van der Waals surface area contributed by atoms with Crippen LogP contribution in [-0.4, -0.2) is 21.4 Å². The number of esters is 1. The van der Waals surface area contributed by atoms with Crippen LogP contribution in [0.15, 0.2) is 44.6 Å². The van der Waals surface area contributed by atoms with Crippen molar-refractivity contribution in [3.8, 4) is 0 Å². The van der Waals surface area contributed by atoms with E-state index in [2.05, 4.69) is 10.3 Å². The zero-order valence-electron chi connectivity index (χ0n) is 16.8. The number of rotatable bonds is 4. The van der Waals surface area contributed by atoms with E-state index in [4.69, 9.17) is 9.15 Å². The maximum absolute atomic E-state index is 12.7. The van der Waals surface area contributed by atoms with E-state index in [-0.39, 0.29) is 28.5 Å². The summed E-state index contributed by atoms with van der Waals surface area (Å²) >= 11 is 1.08. The minimum atomic E-state index is -0.612. The molecule has 1 N–H and O–H groups in total. The van der Waals surface area contributed by atoms with Gasteiger partial charge in [-0.25, -0.2) is 14.6 Å². The molecule has 4 rings (SSSR count). The number of thiophene rings is 1. The second-order valence-electron chi connectivity index (χ2n) is 6.96. The Labute approximate surface area is 178 Å². The second-order valence-corrected chi connectivity index (χ2v) is 7.95. The summed E-state index contributed by atoms with van der Waals surface area (Å²) in [4.78, 5) is 53.2. The number of aromatic nitrogens is 2. The summed E-state index contributed by atoms with van der Waals surface area (Å²) in [7, 11) is 1.59. The number of anilines is 1. The van der Waals surface area contributed by atoms with Crippen molar-refractivity contribution in [1.29, 1.82) is 0 Å². The number of carbonyl (C=O) groups excluding carboxylic acids is 2. The van der Waals surface area contributed by atoms with Gasteiger partial charge >= 0.3 is 11.6 Å². The van der Waals surface area contributed by atoms with Gasteiger partial charge in [-0.2, -0.15) is 0 Å². The van der Waals surface area contributed by atoms with Gasteiger partial charge in [0, 0.05) is 42.7 Å². The minimum Gasteiger partial charge on any atom is -0.457 e. The van der Waals surface area contributed by atoms with Crippen LogP contribution in [0.25, 0.3) is 21.2 Å². The predicted molar refractivity (Wildman–Crippen MR) is 116 cm³/mol. The molecule has 10 heteroatoms. The Morgan fingerprint density at radius 3 is 2.77 bits per heavy atom. The Bertz CT molecular complexity index is 1480. The smallest absolute Gasteiger partial charge is 0.349 e. The van der Waals surface area contributed by atoms with Gasteiger partial charge in [-0.05, 0) is 24.6 Å². The quantitative estimate of drug-likeness (QED) is 0.383. The predicted octanol–water partition coefficient (Wildman–Crippen LogP) is 2.73. The van der Waals surface area contributed by atoms with Crippen LogP contribution in [0.3, 0.4) is 0 Å². The second kappa shape index (κ2) is 7.80. The number of benzene rings is 1. The molecule has 0 spiro atoms. The molecule has 0 radical (unpaired) electrons. The lowest BCUT2D eigenvalue weighted by atomic mass is 10.1. The van der Waals surface area contributed by atoms with Gasteiger partial charge in [-0.1, -0.05) is 0 Å². The number of aryl methyl sites for hydroxylation is 2. The lowest BCUT2D eigenvalue weighted by Crippen LogP contribution is -2.16. The molecular weight excluding hydrogens is 422 g/mol. The van der Waals surface area contributed by atoms with Gasteiger partial charge in [0.1, 0.15) is 21.9 Å². The van der Waals surface area contributed by atoms with Gasteiger partial charge in [0.25, 0.3) is 5.56 Å². The van der Waals surface area contributed by atoms with Crippen molar-refractivity contribution in [1.82, 2.24) is 9.55 Å².